The van der Waals surface area contributed by atoms with E-state index in [0.29, 0.717) is 5.56 Å². The van der Waals surface area contributed by atoms with E-state index in [9.17, 15) is 14.0 Å². The molecule has 0 spiro atoms. The van der Waals surface area contributed by atoms with Gasteiger partial charge in [0.2, 0.25) is 17.7 Å². The third-order valence-corrected chi connectivity index (χ3v) is 3.52. The van der Waals surface area contributed by atoms with E-state index in [4.69, 9.17) is 10.5 Å². The average molecular weight is 369 g/mol. The molecule has 0 saturated carbocycles. The minimum absolute atomic E-state index is 0.0342. The largest absolute Gasteiger partial charge is 0.436 e. The van der Waals surface area contributed by atoms with Gasteiger partial charge in [-0.3, -0.25) is 14.6 Å². The van der Waals surface area contributed by atoms with Crippen LogP contribution in [0.2, 0.25) is 0 Å². The lowest BCUT2D eigenvalue weighted by Gasteiger charge is -2.11. The van der Waals surface area contributed by atoms with Crippen LogP contribution in [0, 0.1) is 5.82 Å². The minimum atomic E-state index is -0.517. The van der Waals surface area contributed by atoms with Crippen molar-refractivity contribution >= 4 is 11.9 Å². The zero-order valence-corrected chi connectivity index (χ0v) is 14.1. The number of benzene rings is 1. The second-order valence-corrected chi connectivity index (χ2v) is 5.58. The Bertz CT molecular complexity index is 1020. The maximum Gasteiger partial charge on any atom is 0.252 e. The second-order valence-electron chi connectivity index (χ2n) is 5.58. The fraction of sp³-hybridized carbons (Fsp3) is 0.111. The van der Waals surface area contributed by atoms with Crippen molar-refractivity contribution in [1.29, 1.82) is 0 Å². The van der Waals surface area contributed by atoms with Gasteiger partial charge in [-0.25, -0.2) is 14.4 Å². The third-order valence-electron chi connectivity index (χ3n) is 3.52. The molecule has 2 aromatic heterocycles. The van der Waals surface area contributed by atoms with Gasteiger partial charge in [-0.2, -0.15) is 0 Å². The number of hydrogen-bond acceptors (Lipinski definition) is 6. The van der Waals surface area contributed by atoms with Crippen molar-refractivity contribution in [3.8, 4) is 11.6 Å². The van der Waals surface area contributed by atoms with Gasteiger partial charge < -0.3 is 15.8 Å². The lowest BCUT2D eigenvalue weighted by atomic mass is 10.2. The minimum Gasteiger partial charge on any atom is -0.436 e. The Balaban J connectivity index is 1.66. The molecular formula is C18H16FN5O3. The molecule has 3 rings (SSSR count). The van der Waals surface area contributed by atoms with Crippen molar-refractivity contribution in [1.82, 2.24) is 20.3 Å². The number of carbonyl (C=O) groups excluding carboxylic acids is 1. The summed E-state index contributed by atoms with van der Waals surface area (Å²) in [6.07, 6.45) is 1.39. The Morgan fingerprint density at radius 1 is 1.26 bits per heavy atom. The molecule has 0 bridgehead atoms. The fourth-order valence-corrected chi connectivity index (χ4v) is 2.32. The molecule has 1 amide bonds. The predicted octanol–water partition coefficient (Wildman–Crippen LogP) is 1.54. The number of rotatable bonds is 6. The summed E-state index contributed by atoms with van der Waals surface area (Å²) in [6.45, 7) is 0.106. The zero-order chi connectivity index (χ0) is 19.2. The molecule has 1 aromatic carbocycles. The summed E-state index contributed by atoms with van der Waals surface area (Å²) < 4.78 is 19.3. The van der Waals surface area contributed by atoms with Gasteiger partial charge >= 0.3 is 0 Å². The van der Waals surface area contributed by atoms with Crippen molar-refractivity contribution in [2.45, 2.75) is 13.0 Å². The molecule has 0 aliphatic rings. The highest BCUT2D eigenvalue weighted by molar-refractivity contribution is 5.78. The van der Waals surface area contributed by atoms with Crippen molar-refractivity contribution in [3.63, 3.8) is 0 Å². The van der Waals surface area contributed by atoms with Crippen LogP contribution in [-0.4, -0.2) is 20.9 Å². The number of anilines is 1. The van der Waals surface area contributed by atoms with E-state index in [0.717, 1.165) is 0 Å². The monoisotopic (exact) mass is 369 g/mol. The molecule has 0 atom stereocenters. The number of para-hydroxylation sites is 1. The molecule has 0 unspecified atom stereocenters. The maximum atomic E-state index is 13.8. The van der Waals surface area contributed by atoms with Gasteiger partial charge in [0.15, 0.2) is 11.6 Å². The summed E-state index contributed by atoms with van der Waals surface area (Å²) in [7, 11) is 0. The fourth-order valence-electron chi connectivity index (χ4n) is 2.32. The van der Waals surface area contributed by atoms with Gasteiger partial charge in [0.05, 0.1) is 12.1 Å². The number of hydrogen-bond donors (Lipinski definition) is 3. The molecule has 2 heterocycles. The molecule has 9 heteroatoms. The summed E-state index contributed by atoms with van der Waals surface area (Å²) in [4.78, 5) is 33.7. The van der Waals surface area contributed by atoms with Crippen LogP contribution in [0.3, 0.4) is 0 Å². The Kier molecular flexibility index (Phi) is 5.41. The van der Waals surface area contributed by atoms with Gasteiger partial charge in [0.25, 0.3) is 5.56 Å². The molecular weight excluding hydrogens is 353 g/mol. The SMILES string of the molecule is Nc1nc(CC(=O)NCc2cccnc2Oc2ccccc2F)cc(=O)[nH]1. The molecule has 0 radical (unpaired) electrons. The number of halogens is 1. The Morgan fingerprint density at radius 2 is 2.07 bits per heavy atom. The number of nitrogens with one attached hydrogen (secondary N) is 2. The molecule has 138 valence electrons. The number of aromatic amines is 1. The van der Waals surface area contributed by atoms with Gasteiger partial charge in [0, 0.05) is 24.4 Å². The number of carbonyl (C=O) groups is 1. The highest BCUT2D eigenvalue weighted by Gasteiger charge is 2.11. The Hall–Kier alpha value is -3.75. The van der Waals surface area contributed by atoms with Crippen LogP contribution in [0.15, 0.2) is 53.5 Å². The molecule has 4 N–H and O–H groups in total. The second kappa shape index (κ2) is 8.09. The van der Waals surface area contributed by atoms with Gasteiger partial charge in [0.1, 0.15) is 0 Å². The van der Waals surface area contributed by atoms with Gasteiger partial charge in [-0.1, -0.05) is 18.2 Å². The summed E-state index contributed by atoms with van der Waals surface area (Å²) in [6, 6.07) is 10.5. The highest BCUT2D eigenvalue weighted by atomic mass is 19.1. The van der Waals surface area contributed by atoms with E-state index < -0.39 is 11.4 Å². The van der Waals surface area contributed by atoms with Crippen LogP contribution < -0.4 is 21.3 Å². The first-order valence-corrected chi connectivity index (χ1v) is 8.00. The summed E-state index contributed by atoms with van der Waals surface area (Å²) in [5.74, 6) is -0.726. The van der Waals surface area contributed by atoms with Crippen LogP contribution in [0.5, 0.6) is 11.6 Å². The molecule has 8 nitrogen and oxygen atoms in total. The normalized spacial score (nSPS) is 10.4. The standard InChI is InChI=1S/C18H16FN5O3/c19-13-5-1-2-6-14(13)27-17-11(4-3-7-21-17)10-22-15(25)8-12-9-16(26)24-18(20)23-12/h1-7,9H,8,10H2,(H,22,25)(H3,20,23,24,26). The number of amides is 1. The van der Waals surface area contributed by atoms with Gasteiger partial charge in [-0.05, 0) is 18.2 Å². The number of H-pyrrole nitrogens is 1. The summed E-state index contributed by atoms with van der Waals surface area (Å²) >= 11 is 0. The maximum absolute atomic E-state index is 13.8. The summed E-state index contributed by atoms with van der Waals surface area (Å²) in [5.41, 5.74) is 5.83. The predicted molar refractivity (Wildman–Crippen MR) is 95.5 cm³/mol. The van der Waals surface area contributed by atoms with E-state index in [1.807, 2.05) is 0 Å². The molecule has 0 aliphatic carbocycles. The first-order valence-electron chi connectivity index (χ1n) is 8.00. The Labute approximate surface area is 153 Å². The van der Waals surface area contributed by atoms with Crippen molar-refractivity contribution in [3.05, 3.63) is 76.1 Å². The van der Waals surface area contributed by atoms with Crippen molar-refractivity contribution < 1.29 is 13.9 Å². The van der Waals surface area contributed by atoms with Crippen molar-refractivity contribution in [2.75, 3.05) is 5.73 Å². The van der Waals surface area contributed by atoms with Crippen LogP contribution in [0.25, 0.3) is 0 Å². The first kappa shape index (κ1) is 18.1. The summed E-state index contributed by atoms with van der Waals surface area (Å²) in [5, 5.41) is 2.68. The lowest BCUT2D eigenvalue weighted by Crippen LogP contribution is -2.26. The number of nitrogen functional groups attached to an aromatic ring is 1. The van der Waals surface area contributed by atoms with E-state index in [1.54, 1.807) is 24.3 Å². The van der Waals surface area contributed by atoms with Crippen LogP contribution in [0.1, 0.15) is 11.3 Å². The third kappa shape index (κ3) is 4.88. The number of nitrogens with zero attached hydrogens (tertiary/aromatic N) is 2. The molecule has 27 heavy (non-hydrogen) atoms. The zero-order valence-electron chi connectivity index (χ0n) is 14.1. The van der Waals surface area contributed by atoms with Crippen LogP contribution in [0.4, 0.5) is 10.3 Å². The van der Waals surface area contributed by atoms with Crippen molar-refractivity contribution in [2.24, 2.45) is 0 Å². The smallest absolute Gasteiger partial charge is 0.252 e. The molecule has 3 aromatic rings. The van der Waals surface area contributed by atoms with E-state index in [2.05, 4.69) is 20.3 Å². The van der Waals surface area contributed by atoms with E-state index in [1.165, 1.54) is 24.4 Å². The number of ether oxygens (including phenoxy) is 1. The first-order chi connectivity index (χ1) is 13.0. The number of nitrogens with two attached hydrogens (primary N) is 1. The van der Waals surface area contributed by atoms with E-state index in [-0.39, 0.29) is 42.1 Å². The van der Waals surface area contributed by atoms with Crippen LogP contribution >= 0.6 is 0 Å². The quantitative estimate of drug-likeness (QED) is 0.606. The number of pyridine rings is 1. The Morgan fingerprint density at radius 3 is 2.85 bits per heavy atom. The molecule has 0 aliphatic heterocycles. The van der Waals surface area contributed by atoms with E-state index >= 15 is 0 Å². The highest BCUT2D eigenvalue weighted by Crippen LogP contribution is 2.25. The topological polar surface area (TPSA) is 123 Å². The van der Waals surface area contributed by atoms with Crippen LogP contribution in [-0.2, 0) is 17.8 Å². The average Bonchev–Trinajstić information content (AvgIpc) is 2.62. The molecule has 0 saturated heterocycles. The molecule has 0 fully saturated rings. The lowest BCUT2D eigenvalue weighted by molar-refractivity contribution is -0.120. The number of aromatic nitrogens is 3. The van der Waals surface area contributed by atoms with Gasteiger partial charge in [-0.15, -0.1) is 0 Å².